The minimum absolute atomic E-state index is 0.0521. The highest BCUT2D eigenvalue weighted by atomic mass is 16.1. The van der Waals surface area contributed by atoms with Crippen LogP contribution in [0.3, 0.4) is 0 Å². The van der Waals surface area contributed by atoms with Crippen LogP contribution in [0.25, 0.3) is 5.69 Å². The number of carbonyl (C=O) groups excluding carboxylic acids is 1. The fourth-order valence-corrected chi connectivity index (χ4v) is 3.37. The minimum Gasteiger partial charge on any atom is -0.351 e. The fourth-order valence-electron chi connectivity index (χ4n) is 3.37. The van der Waals surface area contributed by atoms with Crippen molar-refractivity contribution in [2.75, 3.05) is 6.54 Å². The Balaban J connectivity index is 1.45. The number of hydrogen-bond acceptors (Lipinski definition) is 3. The van der Waals surface area contributed by atoms with Crippen molar-refractivity contribution in [3.05, 3.63) is 66.5 Å². The second kappa shape index (κ2) is 6.78. The predicted molar refractivity (Wildman–Crippen MR) is 99.2 cm³/mol. The maximum absolute atomic E-state index is 12.8. The van der Waals surface area contributed by atoms with Crippen molar-refractivity contribution >= 4 is 5.91 Å². The molecule has 0 saturated heterocycles. The molecule has 2 heterocycles. The summed E-state index contributed by atoms with van der Waals surface area (Å²) in [6.07, 6.45) is 10.6. The van der Waals surface area contributed by atoms with Crippen molar-refractivity contribution in [2.45, 2.75) is 32.7 Å². The van der Waals surface area contributed by atoms with E-state index in [0.717, 1.165) is 37.3 Å². The van der Waals surface area contributed by atoms with Crippen LogP contribution < -0.4 is 5.32 Å². The van der Waals surface area contributed by atoms with E-state index in [1.807, 2.05) is 48.9 Å². The first kappa shape index (κ1) is 16.6. The Labute approximate surface area is 152 Å². The molecule has 0 atom stereocenters. The minimum atomic E-state index is -0.0521. The van der Waals surface area contributed by atoms with E-state index in [4.69, 9.17) is 0 Å². The molecule has 0 unspecified atom stereocenters. The Kier molecular flexibility index (Phi) is 4.32. The van der Waals surface area contributed by atoms with Gasteiger partial charge in [0, 0.05) is 49.7 Å². The number of rotatable bonds is 7. The van der Waals surface area contributed by atoms with Crippen molar-refractivity contribution in [1.82, 2.24) is 24.6 Å². The summed E-state index contributed by atoms with van der Waals surface area (Å²) >= 11 is 0. The third-order valence-electron chi connectivity index (χ3n) is 5.10. The van der Waals surface area contributed by atoms with E-state index in [1.54, 1.807) is 10.9 Å². The molecule has 6 heteroatoms. The molecule has 0 radical (unpaired) electrons. The molecule has 0 spiro atoms. The summed E-state index contributed by atoms with van der Waals surface area (Å²) < 4.78 is 3.94. The van der Waals surface area contributed by atoms with Gasteiger partial charge in [0.15, 0.2) is 0 Å². The third kappa shape index (κ3) is 3.27. The number of carbonyl (C=O) groups is 1. The van der Waals surface area contributed by atoms with Crippen molar-refractivity contribution < 1.29 is 4.79 Å². The number of aromatic nitrogens is 4. The molecule has 1 saturated carbocycles. The molecule has 2 aromatic heterocycles. The lowest BCUT2D eigenvalue weighted by Crippen LogP contribution is -2.33. The average Bonchev–Trinajstić information content (AvgIpc) is 3.06. The summed E-state index contributed by atoms with van der Waals surface area (Å²) in [5, 5.41) is 7.39. The van der Waals surface area contributed by atoms with Crippen molar-refractivity contribution in [2.24, 2.45) is 5.41 Å². The van der Waals surface area contributed by atoms with Crippen LogP contribution in [0.1, 0.15) is 35.9 Å². The van der Waals surface area contributed by atoms with Crippen molar-refractivity contribution in [3.8, 4) is 5.69 Å². The maximum Gasteiger partial charge on any atom is 0.253 e. The zero-order valence-corrected chi connectivity index (χ0v) is 14.9. The monoisotopic (exact) mass is 349 g/mol. The van der Waals surface area contributed by atoms with E-state index in [1.165, 1.54) is 0 Å². The first-order valence-electron chi connectivity index (χ1n) is 9.08. The van der Waals surface area contributed by atoms with Gasteiger partial charge in [0.05, 0.1) is 11.3 Å². The van der Waals surface area contributed by atoms with E-state index in [2.05, 4.69) is 26.9 Å². The van der Waals surface area contributed by atoms with E-state index < -0.39 is 0 Å². The van der Waals surface area contributed by atoms with Crippen LogP contribution in [0.2, 0.25) is 0 Å². The topological polar surface area (TPSA) is 64.7 Å². The summed E-state index contributed by atoms with van der Waals surface area (Å²) in [4.78, 5) is 17.2. The zero-order chi connectivity index (χ0) is 18.0. The number of nitrogens with one attached hydrogen (secondary N) is 1. The number of nitrogens with zero attached hydrogens (tertiary/aromatic N) is 4. The molecule has 1 amide bonds. The lowest BCUT2D eigenvalue weighted by molar-refractivity contribution is 0.0942. The Hall–Kier alpha value is -2.89. The van der Waals surface area contributed by atoms with Gasteiger partial charge < -0.3 is 9.88 Å². The smallest absolute Gasteiger partial charge is 0.253 e. The second-order valence-corrected chi connectivity index (χ2v) is 6.98. The number of amides is 1. The summed E-state index contributed by atoms with van der Waals surface area (Å²) in [6, 6.07) is 9.41. The van der Waals surface area contributed by atoms with E-state index in [-0.39, 0.29) is 11.3 Å². The highest BCUT2D eigenvalue weighted by Crippen LogP contribution is 2.46. The number of aryl methyl sites for hydroxylation is 1. The summed E-state index contributed by atoms with van der Waals surface area (Å²) in [5.74, 6) is 1.05. The van der Waals surface area contributed by atoms with Crippen LogP contribution in [0.5, 0.6) is 0 Å². The number of para-hydroxylation sites is 1. The fraction of sp³-hybridized carbons (Fsp3) is 0.350. The SMILES string of the molecule is CCc1nccn1CC1(CNC(=O)c2ccccc2-n2cccn2)CC1. The van der Waals surface area contributed by atoms with Gasteiger partial charge in [0.25, 0.3) is 5.91 Å². The van der Waals surface area contributed by atoms with Gasteiger partial charge in [-0.3, -0.25) is 4.79 Å². The van der Waals surface area contributed by atoms with Gasteiger partial charge in [-0.1, -0.05) is 19.1 Å². The Morgan fingerprint density at radius 1 is 1.19 bits per heavy atom. The molecule has 1 N–H and O–H groups in total. The molecule has 0 bridgehead atoms. The standard InChI is InChI=1S/C20H23N5O/c1-2-18-21-11-13-24(18)15-20(8-9-20)14-22-19(26)16-6-3-4-7-17(16)25-12-5-10-23-25/h3-7,10-13H,2,8-9,14-15H2,1H3,(H,22,26). The molecule has 3 aromatic rings. The van der Waals surface area contributed by atoms with E-state index in [0.29, 0.717) is 12.1 Å². The van der Waals surface area contributed by atoms with Gasteiger partial charge in [0.1, 0.15) is 5.82 Å². The van der Waals surface area contributed by atoms with Crippen LogP contribution in [0, 0.1) is 5.41 Å². The van der Waals surface area contributed by atoms with Crippen LogP contribution in [-0.4, -0.2) is 31.8 Å². The highest BCUT2D eigenvalue weighted by Gasteiger charge is 2.43. The Morgan fingerprint density at radius 2 is 2.04 bits per heavy atom. The largest absolute Gasteiger partial charge is 0.351 e. The van der Waals surface area contributed by atoms with Gasteiger partial charge in [-0.15, -0.1) is 0 Å². The molecular formula is C20H23N5O. The number of hydrogen-bond donors (Lipinski definition) is 1. The first-order chi connectivity index (χ1) is 12.7. The molecule has 1 fully saturated rings. The summed E-state index contributed by atoms with van der Waals surface area (Å²) in [6.45, 7) is 3.71. The Morgan fingerprint density at radius 3 is 2.77 bits per heavy atom. The van der Waals surface area contributed by atoms with Crippen LogP contribution in [0.15, 0.2) is 55.1 Å². The molecular weight excluding hydrogens is 326 g/mol. The normalized spacial score (nSPS) is 15.0. The van der Waals surface area contributed by atoms with Crippen LogP contribution in [0.4, 0.5) is 0 Å². The molecule has 6 nitrogen and oxygen atoms in total. The molecule has 26 heavy (non-hydrogen) atoms. The molecule has 1 aliphatic rings. The quantitative estimate of drug-likeness (QED) is 0.713. The van der Waals surface area contributed by atoms with Gasteiger partial charge in [-0.05, 0) is 31.0 Å². The third-order valence-corrected chi connectivity index (χ3v) is 5.10. The number of benzene rings is 1. The molecule has 4 rings (SSSR count). The van der Waals surface area contributed by atoms with E-state index in [9.17, 15) is 4.79 Å². The lowest BCUT2D eigenvalue weighted by Gasteiger charge is -2.19. The maximum atomic E-state index is 12.8. The van der Waals surface area contributed by atoms with Gasteiger partial charge >= 0.3 is 0 Å². The number of imidazole rings is 1. The molecule has 134 valence electrons. The van der Waals surface area contributed by atoms with Gasteiger partial charge in [-0.25, -0.2) is 9.67 Å². The zero-order valence-electron chi connectivity index (χ0n) is 14.9. The predicted octanol–water partition coefficient (Wildman–Crippen LogP) is 2.84. The van der Waals surface area contributed by atoms with Gasteiger partial charge in [-0.2, -0.15) is 5.10 Å². The van der Waals surface area contributed by atoms with Gasteiger partial charge in [0.2, 0.25) is 0 Å². The molecule has 0 aliphatic heterocycles. The second-order valence-electron chi connectivity index (χ2n) is 6.98. The lowest BCUT2D eigenvalue weighted by atomic mass is 10.1. The molecule has 1 aliphatic carbocycles. The summed E-state index contributed by atoms with van der Waals surface area (Å²) in [5.41, 5.74) is 1.59. The molecule has 1 aromatic carbocycles. The summed E-state index contributed by atoms with van der Waals surface area (Å²) in [7, 11) is 0. The first-order valence-corrected chi connectivity index (χ1v) is 9.08. The van der Waals surface area contributed by atoms with Crippen molar-refractivity contribution in [3.63, 3.8) is 0 Å². The Bertz CT molecular complexity index is 893. The van der Waals surface area contributed by atoms with Crippen LogP contribution in [-0.2, 0) is 13.0 Å². The van der Waals surface area contributed by atoms with E-state index >= 15 is 0 Å². The average molecular weight is 349 g/mol. The van der Waals surface area contributed by atoms with Crippen LogP contribution >= 0.6 is 0 Å². The highest BCUT2D eigenvalue weighted by molar-refractivity contribution is 5.97. The van der Waals surface area contributed by atoms with Crippen molar-refractivity contribution in [1.29, 1.82) is 0 Å².